The van der Waals surface area contributed by atoms with Gasteiger partial charge < -0.3 is 19.3 Å². The lowest BCUT2D eigenvalue weighted by molar-refractivity contribution is -0.387. The predicted octanol–water partition coefficient (Wildman–Crippen LogP) is 3.67. The molecule has 2 aromatic carbocycles. The van der Waals surface area contributed by atoms with Crippen molar-refractivity contribution in [2.45, 2.75) is 44.2 Å². The van der Waals surface area contributed by atoms with Gasteiger partial charge in [0.25, 0.3) is 5.69 Å². The van der Waals surface area contributed by atoms with E-state index in [0.29, 0.717) is 30.3 Å². The van der Waals surface area contributed by atoms with Crippen molar-refractivity contribution in [1.29, 1.82) is 0 Å². The van der Waals surface area contributed by atoms with Crippen molar-refractivity contribution >= 4 is 15.7 Å². The number of hydrogen-bond acceptors (Lipinski definition) is 10. The van der Waals surface area contributed by atoms with Crippen LogP contribution in [0.3, 0.4) is 0 Å². The van der Waals surface area contributed by atoms with E-state index in [1.54, 1.807) is 32.4 Å². The third-order valence-corrected chi connectivity index (χ3v) is 9.30. The minimum atomic E-state index is -4.26. The van der Waals surface area contributed by atoms with Crippen molar-refractivity contribution in [2.75, 3.05) is 34.4 Å². The van der Waals surface area contributed by atoms with E-state index in [1.807, 2.05) is 38.1 Å². The van der Waals surface area contributed by atoms with E-state index in [1.165, 1.54) is 28.6 Å². The number of nitrogens with zero attached hydrogens (tertiary/aromatic N) is 4. The summed E-state index contributed by atoms with van der Waals surface area (Å²) in [5, 5.41) is 23.0. The first-order valence-corrected chi connectivity index (χ1v) is 14.8. The van der Waals surface area contributed by atoms with E-state index in [2.05, 4.69) is 4.98 Å². The molecule has 1 aliphatic heterocycles. The first kappa shape index (κ1) is 31.3. The fourth-order valence-electron chi connectivity index (χ4n) is 5.34. The highest BCUT2D eigenvalue weighted by atomic mass is 32.2. The molecule has 12 nitrogen and oxygen atoms in total. The molecule has 1 N–H and O–H groups in total. The van der Waals surface area contributed by atoms with E-state index in [0.717, 1.165) is 16.7 Å². The van der Waals surface area contributed by atoms with Gasteiger partial charge in [-0.25, -0.2) is 8.42 Å². The van der Waals surface area contributed by atoms with Crippen molar-refractivity contribution in [3.8, 4) is 22.8 Å². The number of nitro groups is 1. The van der Waals surface area contributed by atoms with Crippen molar-refractivity contribution < 1.29 is 32.7 Å². The molecule has 0 aliphatic carbocycles. The zero-order valence-corrected chi connectivity index (χ0v) is 25.1. The van der Waals surface area contributed by atoms with Crippen LogP contribution in [0.15, 0.2) is 59.6 Å². The second kappa shape index (κ2) is 13.1. The van der Waals surface area contributed by atoms with Crippen molar-refractivity contribution in [2.24, 2.45) is 5.92 Å². The number of hydrogen-bond donors (Lipinski definition) is 1. The fourth-order valence-corrected chi connectivity index (χ4v) is 7.24. The molecular weight excluding hydrogens is 564 g/mol. The summed E-state index contributed by atoms with van der Waals surface area (Å²) in [6.07, 6.45) is 0.523. The molecule has 1 saturated heterocycles. The molecule has 4 rings (SSSR count). The Morgan fingerprint density at radius 1 is 1.07 bits per heavy atom. The molecule has 0 saturated carbocycles. The minimum Gasteiger partial charge on any atom is -0.496 e. The lowest BCUT2D eigenvalue weighted by Gasteiger charge is -2.46. The van der Waals surface area contributed by atoms with Gasteiger partial charge in [0.15, 0.2) is 4.90 Å². The summed E-state index contributed by atoms with van der Waals surface area (Å²) in [6.45, 7) is 4.55. The summed E-state index contributed by atoms with van der Waals surface area (Å²) in [6, 6.07) is 11.9. The summed E-state index contributed by atoms with van der Waals surface area (Å²) in [5.74, 6) is 0.924. The van der Waals surface area contributed by atoms with Gasteiger partial charge >= 0.3 is 0 Å². The maximum atomic E-state index is 13.7. The minimum absolute atomic E-state index is 0.0571. The number of aromatic nitrogens is 1. The molecule has 0 radical (unpaired) electrons. The van der Waals surface area contributed by atoms with Gasteiger partial charge in [0.1, 0.15) is 17.7 Å². The maximum absolute atomic E-state index is 13.7. The van der Waals surface area contributed by atoms with Gasteiger partial charge in [-0.1, -0.05) is 26.0 Å². The number of ether oxygens (including phenoxy) is 3. The molecule has 0 spiro atoms. The van der Waals surface area contributed by atoms with Crippen LogP contribution in [0, 0.1) is 16.0 Å². The Morgan fingerprint density at radius 3 is 2.33 bits per heavy atom. The normalized spacial score (nSPS) is 18.3. The molecule has 1 aliphatic rings. The molecule has 2 atom stereocenters. The number of pyridine rings is 1. The molecule has 1 unspecified atom stereocenters. The molecule has 1 fully saturated rings. The van der Waals surface area contributed by atoms with Crippen LogP contribution in [0.2, 0.25) is 0 Å². The van der Waals surface area contributed by atoms with Crippen LogP contribution >= 0.6 is 0 Å². The molecule has 13 heteroatoms. The molecular formula is C29H36N4O8S. The number of aliphatic hydroxyl groups excluding tert-OH is 1. The Morgan fingerprint density at radius 2 is 1.74 bits per heavy atom. The largest absolute Gasteiger partial charge is 0.496 e. The Labute approximate surface area is 245 Å². The average molecular weight is 601 g/mol. The number of piperazine rings is 1. The number of aliphatic hydroxyl groups is 1. The molecule has 0 bridgehead atoms. The van der Waals surface area contributed by atoms with Crippen LogP contribution in [0.1, 0.15) is 25.0 Å². The van der Waals surface area contributed by atoms with Gasteiger partial charge in [-0.15, -0.1) is 0 Å². The van der Waals surface area contributed by atoms with E-state index >= 15 is 0 Å². The van der Waals surface area contributed by atoms with Crippen LogP contribution in [0.25, 0.3) is 11.3 Å². The summed E-state index contributed by atoms with van der Waals surface area (Å²) in [7, 11) is 0.478. The lowest BCUT2D eigenvalue weighted by Crippen LogP contribution is -2.62. The second-order valence-corrected chi connectivity index (χ2v) is 12.2. The Hall–Kier alpha value is -3.62. The predicted molar refractivity (Wildman–Crippen MR) is 156 cm³/mol. The Bertz CT molecular complexity index is 1510. The van der Waals surface area contributed by atoms with E-state index in [-0.39, 0.29) is 23.9 Å². The Kier molecular flexibility index (Phi) is 9.79. The summed E-state index contributed by atoms with van der Waals surface area (Å²) in [5.41, 5.74) is 2.58. The molecule has 0 amide bonds. The molecule has 2 heterocycles. The molecule has 226 valence electrons. The average Bonchev–Trinajstić information content (AvgIpc) is 2.98. The van der Waals surface area contributed by atoms with E-state index in [9.17, 15) is 23.6 Å². The summed E-state index contributed by atoms with van der Waals surface area (Å²) >= 11 is 0. The number of sulfonamides is 1. The third-order valence-electron chi connectivity index (χ3n) is 7.35. The smallest absolute Gasteiger partial charge is 0.289 e. The molecule has 3 aromatic rings. The highest BCUT2D eigenvalue weighted by molar-refractivity contribution is 7.89. The SMILES string of the molecule is COCc1c(OC)cc(-c2cc(CN3CCN(S(=O)(=O)c4ccccc4[N+](=O)[O-])[C@@H](C(C)C)C3O)ccn2)cc1OC. The number of benzene rings is 2. The van der Waals surface area contributed by atoms with Crippen LogP contribution < -0.4 is 9.47 Å². The summed E-state index contributed by atoms with van der Waals surface area (Å²) in [4.78, 5) is 16.8. The van der Waals surface area contributed by atoms with Gasteiger partial charge in [-0.2, -0.15) is 4.31 Å². The first-order valence-electron chi connectivity index (χ1n) is 13.4. The Balaban J connectivity index is 1.61. The van der Waals surface area contributed by atoms with Crippen LogP contribution in [-0.4, -0.2) is 79.3 Å². The molecule has 42 heavy (non-hydrogen) atoms. The van der Waals surface area contributed by atoms with Crippen LogP contribution in [-0.2, 0) is 27.9 Å². The number of rotatable bonds is 11. The van der Waals surface area contributed by atoms with Gasteiger partial charge in [0.05, 0.1) is 43.0 Å². The highest BCUT2D eigenvalue weighted by Crippen LogP contribution is 2.36. The van der Waals surface area contributed by atoms with E-state index < -0.39 is 32.9 Å². The zero-order chi connectivity index (χ0) is 30.6. The number of methoxy groups -OCH3 is 3. The fraction of sp³-hybridized carbons (Fsp3) is 0.414. The van der Waals surface area contributed by atoms with Crippen molar-refractivity contribution in [1.82, 2.24) is 14.2 Å². The molecule has 1 aromatic heterocycles. The van der Waals surface area contributed by atoms with Crippen LogP contribution in [0.5, 0.6) is 11.5 Å². The quantitative estimate of drug-likeness (QED) is 0.256. The number of para-hydroxylation sites is 1. The van der Waals surface area contributed by atoms with Gasteiger partial charge in [-0.3, -0.25) is 20.0 Å². The van der Waals surface area contributed by atoms with Crippen LogP contribution in [0.4, 0.5) is 5.69 Å². The third kappa shape index (κ3) is 6.25. The van der Waals surface area contributed by atoms with Gasteiger partial charge in [-0.05, 0) is 41.8 Å². The van der Waals surface area contributed by atoms with Crippen molar-refractivity contribution in [3.05, 3.63) is 76.0 Å². The highest BCUT2D eigenvalue weighted by Gasteiger charge is 2.45. The topological polar surface area (TPSA) is 145 Å². The van der Waals surface area contributed by atoms with Crippen molar-refractivity contribution in [3.63, 3.8) is 0 Å². The second-order valence-electron chi connectivity index (χ2n) is 10.3. The monoisotopic (exact) mass is 600 g/mol. The lowest BCUT2D eigenvalue weighted by atomic mass is 9.99. The van der Waals surface area contributed by atoms with Gasteiger partial charge in [0.2, 0.25) is 10.0 Å². The zero-order valence-electron chi connectivity index (χ0n) is 24.3. The maximum Gasteiger partial charge on any atom is 0.289 e. The number of nitro benzene ring substituents is 1. The first-order chi connectivity index (χ1) is 20.0. The summed E-state index contributed by atoms with van der Waals surface area (Å²) < 4.78 is 45.0. The van der Waals surface area contributed by atoms with Gasteiger partial charge in [0, 0.05) is 44.6 Å². The van der Waals surface area contributed by atoms with E-state index in [4.69, 9.17) is 14.2 Å². The standard InChI is InChI=1S/C29H36N4O8S/c1-19(2)28-29(34)31(12-13-32(28)42(37,38)27-9-7-6-8-24(27)33(35)36)17-20-10-11-30-23(14-20)21-15-25(40-4)22(18-39-3)26(16-21)41-5/h6-11,14-16,19,28-29,34H,12-13,17-18H2,1-5H3/t28-,29?/m0/s1.